The monoisotopic (exact) mass is 130 g/mol. The summed E-state index contributed by atoms with van der Waals surface area (Å²) in [7, 11) is 1.96. The second-order valence-corrected chi connectivity index (χ2v) is 2.52. The Labute approximate surface area is 57.8 Å². The molecule has 0 heterocycles. The van der Waals surface area contributed by atoms with Crippen molar-refractivity contribution in [2.75, 3.05) is 13.6 Å². The number of rotatable bonds is 4. The van der Waals surface area contributed by atoms with Crippen LogP contribution in [-0.2, 0) is 0 Å². The maximum absolute atomic E-state index is 5.50. The minimum atomic E-state index is 0.495. The fraction of sp³-hybridized carbons (Fsp3) is 1.00. The predicted molar refractivity (Wildman–Crippen MR) is 41.4 cm³/mol. The van der Waals surface area contributed by atoms with Gasteiger partial charge in [-0.25, -0.2) is 0 Å². The first-order valence-corrected chi connectivity index (χ1v) is 3.63. The minimum absolute atomic E-state index is 0.495. The van der Waals surface area contributed by atoms with E-state index in [-0.39, 0.29) is 0 Å². The molecule has 0 amide bonds. The molecule has 0 unspecified atom stereocenters. The molecule has 0 aromatic heterocycles. The van der Waals surface area contributed by atoms with Gasteiger partial charge in [-0.1, -0.05) is 20.3 Å². The first kappa shape index (κ1) is 8.92. The smallest absolute Gasteiger partial charge is 0.0212 e. The third-order valence-corrected chi connectivity index (χ3v) is 1.96. The fourth-order valence-corrected chi connectivity index (χ4v) is 0.919. The summed E-state index contributed by atoms with van der Waals surface area (Å²) in [5.41, 5.74) is 5.50. The van der Waals surface area contributed by atoms with Crippen LogP contribution in [0.3, 0.4) is 0 Å². The van der Waals surface area contributed by atoms with E-state index < -0.39 is 0 Å². The van der Waals surface area contributed by atoms with Crippen molar-refractivity contribution in [1.82, 2.24) is 5.32 Å². The molecule has 2 atom stereocenters. The van der Waals surface area contributed by atoms with Crippen LogP contribution in [0.25, 0.3) is 0 Å². The first-order valence-electron chi connectivity index (χ1n) is 3.63. The third kappa shape index (κ3) is 2.82. The van der Waals surface area contributed by atoms with Crippen molar-refractivity contribution in [3.63, 3.8) is 0 Å². The van der Waals surface area contributed by atoms with Gasteiger partial charge >= 0.3 is 0 Å². The van der Waals surface area contributed by atoms with Crippen molar-refractivity contribution in [1.29, 1.82) is 0 Å². The maximum Gasteiger partial charge on any atom is 0.0212 e. The van der Waals surface area contributed by atoms with Gasteiger partial charge in [0.15, 0.2) is 0 Å². The van der Waals surface area contributed by atoms with Crippen LogP contribution in [0.15, 0.2) is 0 Å². The summed E-state index contributed by atoms with van der Waals surface area (Å²) in [6.45, 7) is 5.14. The number of nitrogens with one attached hydrogen (secondary N) is 1. The van der Waals surface area contributed by atoms with Crippen LogP contribution < -0.4 is 11.1 Å². The zero-order valence-corrected chi connectivity index (χ0v) is 6.65. The maximum atomic E-state index is 5.50. The molecule has 0 aliphatic heterocycles. The Hall–Kier alpha value is -0.0800. The molecule has 0 aliphatic rings. The molecule has 0 saturated heterocycles. The van der Waals surface area contributed by atoms with Crippen LogP contribution in [0, 0.1) is 5.92 Å². The molecule has 0 aliphatic carbocycles. The standard InChI is InChI=1S/C7H18N2/c1-4-6(2)7(5-8)9-3/h6-7,9H,4-5,8H2,1-3H3/t6-,7+/m1/s1. The zero-order chi connectivity index (χ0) is 7.28. The van der Waals surface area contributed by atoms with Gasteiger partial charge in [-0.15, -0.1) is 0 Å². The molecule has 0 aromatic carbocycles. The molecule has 0 aromatic rings. The minimum Gasteiger partial charge on any atom is -0.329 e. The topological polar surface area (TPSA) is 38.0 Å². The summed E-state index contributed by atoms with van der Waals surface area (Å²) >= 11 is 0. The van der Waals surface area contributed by atoms with Gasteiger partial charge in [0.1, 0.15) is 0 Å². The summed E-state index contributed by atoms with van der Waals surface area (Å²) in [4.78, 5) is 0. The predicted octanol–water partition coefficient (Wildman–Crippen LogP) is 0.579. The van der Waals surface area contributed by atoms with Gasteiger partial charge in [0.05, 0.1) is 0 Å². The molecule has 0 radical (unpaired) electrons. The van der Waals surface area contributed by atoms with Crippen LogP contribution in [0.4, 0.5) is 0 Å². The normalized spacial score (nSPS) is 17.3. The number of likely N-dealkylation sites (N-methyl/N-ethyl adjacent to an activating group) is 1. The molecule has 0 rings (SSSR count). The van der Waals surface area contributed by atoms with E-state index in [4.69, 9.17) is 5.73 Å². The second-order valence-electron chi connectivity index (χ2n) is 2.52. The van der Waals surface area contributed by atoms with Gasteiger partial charge in [0.25, 0.3) is 0 Å². The van der Waals surface area contributed by atoms with Crippen LogP contribution in [0.5, 0.6) is 0 Å². The Balaban J connectivity index is 3.50. The van der Waals surface area contributed by atoms with Gasteiger partial charge in [0, 0.05) is 12.6 Å². The van der Waals surface area contributed by atoms with Gasteiger partial charge in [-0.05, 0) is 13.0 Å². The van der Waals surface area contributed by atoms with Crippen molar-refractivity contribution in [3.05, 3.63) is 0 Å². The quantitative estimate of drug-likeness (QED) is 0.584. The average molecular weight is 130 g/mol. The lowest BCUT2D eigenvalue weighted by molar-refractivity contribution is 0.396. The van der Waals surface area contributed by atoms with Crippen LogP contribution >= 0.6 is 0 Å². The third-order valence-electron chi connectivity index (χ3n) is 1.96. The van der Waals surface area contributed by atoms with Crippen LogP contribution in [-0.4, -0.2) is 19.6 Å². The average Bonchev–Trinajstić information content (AvgIpc) is 1.90. The lowest BCUT2D eigenvalue weighted by Gasteiger charge is -2.19. The number of hydrogen-bond acceptors (Lipinski definition) is 2. The highest BCUT2D eigenvalue weighted by molar-refractivity contribution is 4.70. The first-order chi connectivity index (χ1) is 4.26. The Morgan fingerprint density at radius 1 is 1.56 bits per heavy atom. The fourth-order valence-electron chi connectivity index (χ4n) is 0.919. The summed E-state index contributed by atoms with van der Waals surface area (Å²) in [5, 5.41) is 3.18. The molecule has 56 valence electrons. The van der Waals surface area contributed by atoms with E-state index in [0.717, 1.165) is 6.54 Å². The van der Waals surface area contributed by atoms with Crippen molar-refractivity contribution >= 4 is 0 Å². The van der Waals surface area contributed by atoms with Crippen LogP contribution in [0.2, 0.25) is 0 Å². The van der Waals surface area contributed by atoms with Crippen LogP contribution in [0.1, 0.15) is 20.3 Å². The molecular formula is C7H18N2. The Kier molecular flexibility index (Phi) is 4.72. The van der Waals surface area contributed by atoms with Crippen molar-refractivity contribution in [2.45, 2.75) is 26.3 Å². The highest BCUT2D eigenvalue weighted by Crippen LogP contribution is 2.04. The van der Waals surface area contributed by atoms with E-state index in [2.05, 4.69) is 19.2 Å². The Morgan fingerprint density at radius 3 is 2.22 bits per heavy atom. The summed E-state index contributed by atoms with van der Waals surface area (Å²) in [6.07, 6.45) is 1.20. The molecular weight excluding hydrogens is 112 g/mol. The molecule has 3 N–H and O–H groups in total. The Bertz CT molecular complexity index is 59.9. The van der Waals surface area contributed by atoms with Crippen molar-refractivity contribution < 1.29 is 0 Å². The molecule has 9 heavy (non-hydrogen) atoms. The largest absolute Gasteiger partial charge is 0.329 e. The van der Waals surface area contributed by atoms with Gasteiger partial charge < -0.3 is 11.1 Å². The Morgan fingerprint density at radius 2 is 2.11 bits per heavy atom. The van der Waals surface area contributed by atoms with Gasteiger partial charge in [-0.2, -0.15) is 0 Å². The van der Waals surface area contributed by atoms with E-state index in [0.29, 0.717) is 12.0 Å². The molecule has 0 saturated carbocycles. The summed E-state index contributed by atoms with van der Waals surface area (Å²) in [5.74, 6) is 0.694. The van der Waals surface area contributed by atoms with E-state index in [1.807, 2.05) is 7.05 Å². The van der Waals surface area contributed by atoms with E-state index in [1.54, 1.807) is 0 Å². The molecule has 2 nitrogen and oxygen atoms in total. The lowest BCUT2D eigenvalue weighted by atomic mass is 10.00. The van der Waals surface area contributed by atoms with Gasteiger partial charge in [0.2, 0.25) is 0 Å². The van der Waals surface area contributed by atoms with Gasteiger partial charge in [-0.3, -0.25) is 0 Å². The molecule has 0 spiro atoms. The summed E-state index contributed by atoms with van der Waals surface area (Å²) < 4.78 is 0. The van der Waals surface area contributed by atoms with E-state index in [9.17, 15) is 0 Å². The summed E-state index contributed by atoms with van der Waals surface area (Å²) in [6, 6.07) is 0.495. The second kappa shape index (κ2) is 4.77. The lowest BCUT2D eigenvalue weighted by Crippen LogP contribution is -2.38. The van der Waals surface area contributed by atoms with Crippen molar-refractivity contribution in [3.8, 4) is 0 Å². The molecule has 0 bridgehead atoms. The SMILES string of the molecule is CC[C@@H](C)[C@H](CN)NC. The molecule has 0 fully saturated rings. The van der Waals surface area contributed by atoms with Crippen molar-refractivity contribution in [2.24, 2.45) is 11.7 Å². The highest BCUT2D eigenvalue weighted by atomic mass is 14.9. The zero-order valence-electron chi connectivity index (χ0n) is 6.65. The van der Waals surface area contributed by atoms with E-state index in [1.165, 1.54) is 6.42 Å². The molecule has 2 heteroatoms. The number of hydrogen-bond donors (Lipinski definition) is 2. The van der Waals surface area contributed by atoms with E-state index >= 15 is 0 Å². The highest BCUT2D eigenvalue weighted by Gasteiger charge is 2.09. The number of nitrogens with two attached hydrogens (primary N) is 1.